The normalized spacial score (nSPS) is 21.1. The van der Waals surface area contributed by atoms with Crippen LogP contribution in [0.2, 0.25) is 10.0 Å². The zero-order valence-corrected chi connectivity index (χ0v) is 9.98. The van der Waals surface area contributed by atoms with Gasteiger partial charge in [0.15, 0.2) is 0 Å². The van der Waals surface area contributed by atoms with E-state index in [0.717, 1.165) is 0 Å². The second-order valence-electron chi connectivity index (χ2n) is 3.38. The Bertz CT molecular complexity index is 387. The molecule has 1 fully saturated rings. The molecule has 2 nitrogen and oxygen atoms in total. The van der Waals surface area contributed by atoms with E-state index in [2.05, 4.69) is 0 Å². The van der Waals surface area contributed by atoms with E-state index < -0.39 is 0 Å². The summed E-state index contributed by atoms with van der Waals surface area (Å²) in [7, 11) is 0. The van der Waals surface area contributed by atoms with Gasteiger partial charge in [-0.15, -0.1) is 11.6 Å². The predicted molar refractivity (Wildman–Crippen MR) is 63.1 cm³/mol. The summed E-state index contributed by atoms with van der Waals surface area (Å²) >= 11 is 17.9. The molecule has 1 aromatic rings. The van der Waals surface area contributed by atoms with Crippen LogP contribution in [0.3, 0.4) is 0 Å². The molecule has 1 aliphatic heterocycles. The number of halogens is 3. The van der Waals surface area contributed by atoms with E-state index in [-0.39, 0.29) is 11.3 Å². The molecule has 0 saturated carbocycles. The quantitative estimate of drug-likeness (QED) is 0.713. The van der Waals surface area contributed by atoms with E-state index in [0.29, 0.717) is 28.7 Å². The number of hydrogen-bond donors (Lipinski definition) is 0. The largest absolute Gasteiger partial charge is 0.308 e. The highest BCUT2D eigenvalue weighted by atomic mass is 35.5. The number of para-hydroxylation sites is 1. The second kappa shape index (κ2) is 4.20. The molecule has 1 aromatic carbocycles. The van der Waals surface area contributed by atoms with Crippen molar-refractivity contribution in [3.05, 3.63) is 28.2 Å². The summed E-state index contributed by atoms with van der Waals surface area (Å²) in [5, 5.41) is 0.785. The predicted octanol–water partition coefficient (Wildman–Crippen LogP) is 3.34. The first-order valence-corrected chi connectivity index (χ1v) is 5.67. The molecule has 2 rings (SSSR count). The first-order valence-electron chi connectivity index (χ1n) is 4.48. The summed E-state index contributed by atoms with van der Waals surface area (Å²) in [6.45, 7) is 0.462. The Balaban J connectivity index is 2.41. The number of carbonyl (C=O) groups excluding carboxylic acids is 1. The van der Waals surface area contributed by atoms with Crippen molar-refractivity contribution in [3.8, 4) is 0 Å². The van der Waals surface area contributed by atoms with Crippen molar-refractivity contribution in [1.29, 1.82) is 0 Å². The van der Waals surface area contributed by atoms with Crippen LogP contribution in [0.4, 0.5) is 5.69 Å². The highest BCUT2D eigenvalue weighted by molar-refractivity contribution is 6.40. The van der Waals surface area contributed by atoms with E-state index in [4.69, 9.17) is 34.8 Å². The van der Waals surface area contributed by atoms with E-state index in [1.807, 2.05) is 0 Å². The van der Waals surface area contributed by atoms with Crippen LogP contribution in [-0.4, -0.2) is 17.8 Å². The molecular formula is C10H8Cl3NO. The first-order chi connectivity index (χ1) is 7.09. The molecule has 1 saturated heterocycles. The Hall–Kier alpha value is -0.440. The summed E-state index contributed by atoms with van der Waals surface area (Å²) in [6, 6.07) is 5.15. The van der Waals surface area contributed by atoms with Gasteiger partial charge in [0.05, 0.1) is 21.1 Å². The molecule has 1 heterocycles. The van der Waals surface area contributed by atoms with Crippen LogP contribution in [-0.2, 0) is 4.79 Å². The lowest BCUT2D eigenvalue weighted by Crippen LogP contribution is -2.25. The van der Waals surface area contributed by atoms with Gasteiger partial charge in [-0.2, -0.15) is 0 Å². The fraction of sp³-hybridized carbons (Fsp3) is 0.300. The van der Waals surface area contributed by atoms with Gasteiger partial charge in [-0.25, -0.2) is 0 Å². The van der Waals surface area contributed by atoms with Crippen molar-refractivity contribution >= 4 is 46.4 Å². The number of anilines is 1. The average Bonchev–Trinajstić information content (AvgIpc) is 2.45. The van der Waals surface area contributed by atoms with Gasteiger partial charge >= 0.3 is 0 Å². The van der Waals surface area contributed by atoms with Crippen LogP contribution in [0.25, 0.3) is 0 Å². The van der Waals surface area contributed by atoms with Crippen LogP contribution in [0.15, 0.2) is 18.2 Å². The highest BCUT2D eigenvalue weighted by Crippen LogP contribution is 2.36. The molecule has 0 aromatic heterocycles. The zero-order chi connectivity index (χ0) is 11.0. The highest BCUT2D eigenvalue weighted by Gasteiger charge is 2.31. The first kappa shape index (κ1) is 11.1. The van der Waals surface area contributed by atoms with Crippen molar-refractivity contribution in [2.45, 2.75) is 11.8 Å². The van der Waals surface area contributed by atoms with Gasteiger partial charge in [0.25, 0.3) is 0 Å². The molecule has 1 amide bonds. The molecule has 0 radical (unpaired) electrons. The molecule has 1 atom stereocenters. The van der Waals surface area contributed by atoms with Crippen molar-refractivity contribution in [2.75, 3.05) is 11.4 Å². The minimum absolute atomic E-state index is 0.0370. The van der Waals surface area contributed by atoms with Gasteiger partial charge in [-0.05, 0) is 12.1 Å². The summed E-state index contributed by atoms with van der Waals surface area (Å²) < 4.78 is 0. The van der Waals surface area contributed by atoms with Crippen LogP contribution >= 0.6 is 34.8 Å². The molecule has 0 spiro atoms. The SMILES string of the molecule is O=C1CC(Cl)CN1c1c(Cl)cccc1Cl. The maximum Gasteiger partial charge on any atom is 0.228 e. The van der Waals surface area contributed by atoms with Gasteiger partial charge in [-0.3, -0.25) is 4.79 Å². The second-order valence-corrected chi connectivity index (χ2v) is 4.81. The topological polar surface area (TPSA) is 20.3 Å². The molecule has 0 N–H and O–H groups in total. The van der Waals surface area contributed by atoms with Gasteiger partial charge in [0.1, 0.15) is 0 Å². The van der Waals surface area contributed by atoms with E-state index in [1.54, 1.807) is 23.1 Å². The summed E-state index contributed by atoms with van der Waals surface area (Å²) in [5.41, 5.74) is 0.564. The summed E-state index contributed by atoms with van der Waals surface area (Å²) in [6.07, 6.45) is 0.336. The third kappa shape index (κ3) is 2.07. The minimum Gasteiger partial charge on any atom is -0.308 e. The fourth-order valence-electron chi connectivity index (χ4n) is 1.63. The molecule has 15 heavy (non-hydrogen) atoms. The smallest absolute Gasteiger partial charge is 0.228 e. The van der Waals surface area contributed by atoms with Gasteiger partial charge in [-0.1, -0.05) is 29.3 Å². The standard InChI is InChI=1S/C10H8Cl3NO/c11-6-4-9(15)14(5-6)10-7(12)2-1-3-8(10)13/h1-3,6H,4-5H2. The van der Waals surface area contributed by atoms with Gasteiger partial charge in [0, 0.05) is 13.0 Å². The zero-order valence-electron chi connectivity index (χ0n) is 7.71. The number of amides is 1. The Morgan fingerprint density at radius 1 is 1.27 bits per heavy atom. The number of nitrogens with zero attached hydrogens (tertiary/aromatic N) is 1. The summed E-state index contributed by atoms with van der Waals surface area (Å²) in [5.74, 6) is -0.0370. The van der Waals surface area contributed by atoms with E-state index in [1.165, 1.54) is 0 Å². The number of hydrogen-bond acceptors (Lipinski definition) is 1. The summed E-state index contributed by atoms with van der Waals surface area (Å²) in [4.78, 5) is 13.2. The molecule has 0 aliphatic carbocycles. The Kier molecular flexibility index (Phi) is 3.10. The average molecular weight is 265 g/mol. The minimum atomic E-state index is -0.162. The van der Waals surface area contributed by atoms with Gasteiger partial charge < -0.3 is 4.90 Å². The van der Waals surface area contributed by atoms with Crippen LogP contribution < -0.4 is 4.90 Å². The number of rotatable bonds is 1. The lowest BCUT2D eigenvalue weighted by molar-refractivity contribution is -0.117. The van der Waals surface area contributed by atoms with E-state index >= 15 is 0 Å². The number of carbonyl (C=O) groups is 1. The van der Waals surface area contributed by atoms with E-state index in [9.17, 15) is 4.79 Å². The van der Waals surface area contributed by atoms with Crippen molar-refractivity contribution in [3.63, 3.8) is 0 Å². The Labute approximate surface area is 103 Å². The monoisotopic (exact) mass is 263 g/mol. The third-order valence-corrected chi connectivity index (χ3v) is 3.19. The van der Waals surface area contributed by atoms with Crippen LogP contribution in [0.5, 0.6) is 0 Å². The van der Waals surface area contributed by atoms with Crippen LogP contribution in [0.1, 0.15) is 6.42 Å². The Morgan fingerprint density at radius 3 is 2.33 bits per heavy atom. The molecule has 5 heteroatoms. The number of benzene rings is 1. The van der Waals surface area contributed by atoms with Crippen molar-refractivity contribution in [1.82, 2.24) is 0 Å². The Morgan fingerprint density at radius 2 is 1.87 bits per heavy atom. The third-order valence-electron chi connectivity index (χ3n) is 2.29. The van der Waals surface area contributed by atoms with Crippen LogP contribution in [0, 0.1) is 0 Å². The van der Waals surface area contributed by atoms with Crippen molar-refractivity contribution < 1.29 is 4.79 Å². The lowest BCUT2D eigenvalue weighted by atomic mass is 10.3. The molecular weight excluding hydrogens is 256 g/mol. The molecule has 0 bridgehead atoms. The maximum absolute atomic E-state index is 11.6. The molecule has 1 unspecified atom stereocenters. The number of alkyl halides is 1. The molecule has 80 valence electrons. The lowest BCUT2D eigenvalue weighted by Gasteiger charge is -2.18. The van der Waals surface area contributed by atoms with Gasteiger partial charge in [0.2, 0.25) is 5.91 Å². The van der Waals surface area contributed by atoms with Crippen molar-refractivity contribution in [2.24, 2.45) is 0 Å². The fourth-order valence-corrected chi connectivity index (χ4v) is 2.50. The maximum atomic E-state index is 11.6. The molecule has 1 aliphatic rings.